The lowest BCUT2D eigenvalue weighted by molar-refractivity contribution is 0.105. The van der Waals surface area contributed by atoms with E-state index in [0.717, 1.165) is 32.0 Å². The number of aryl methyl sites for hydroxylation is 1. The summed E-state index contributed by atoms with van der Waals surface area (Å²) in [5.74, 6) is 1.56. The number of hydrogen-bond donors (Lipinski definition) is 1. The summed E-state index contributed by atoms with van der Waals surface area (Å²) in [6.07, 6.45) is 3.91. The fraction of sp³-hybridized carbons (Fsp3) is 0.833. The van der Waals surface area contributed by atoms with Gasteiger partial charge in [-0.1, -0.05) is 0 Å². The lowest BCUT2D eigenvalue weighted by Gasteiger charge is -2.32. The summed E-state index contributed by atoms with van der Waals surface area (Å²) < 4.78 is 2.12. The van der Waals surface area contributed by atoms with E-state index in [4.69, 9.17) is 0 Å². The quantitative estimate of drug-likeness (QED) is 0.845. The van der Waals surface area contributed by atoms with Gasteiger partial charge >= 0.3 is 0 Å². The average molecular weight is 238 g/mol. The monoisotopic (exact) mass is 238 g/mol. The van der Waals surface area contributed by atoms with E-state index in [1.807, 2.05) is 13.3 Å². The van der Waals surface area contributed by atoms with Crippen LogP contribution in [0.1, 0.15) is 38.4 Å². The second kappa shape index (κ2) is 5.60. The standard InChI is InChI=1S/C12H22N4O/c1-3-16-9-13-14-12(16)11-5-4-6-15(8-11)7-10(2)17/h9-11,17H,3-8H2,1-2H3/t10-,11-/m1/s1. The highest BCUT2D eigenvalue weighted by molar-refractivity contribution is 4.99. The minimum atomic E-state index is -0.252. The highest BCUT2D eigenvalue weighted by Crippen LogP contribution is 2.25. The molecule has 96 valence electrons. The zero-order valence-electron chi connectivity index (χ0n) is 10.7. The Morgan fingerprint density at radius 3 is 3.12 bits per heavy atom. The number of β-amino-alcohol motifs (C(OH)–C–C–N with tert-alkyl or cyclic N) is 1. The van der Waals surface area contributed by atoms with E-state index in [0.29, 0.717) is 5.92 Å². The Balaban J connectivity index is 2.02. The summed E-state index contributed by atoms with van der Waals surface area (Å²) >= 11 is 0. The van der Waals surface area contributed by atoms with Crippen molar-refractivity contribution >= 4 is 0 Å². The summed E-state index contributed by atoms with van der Waals surface area (Å²) in [4.78, 5) is 2.33. The van der Waals surface area contributed by atoms with Crippen molar-refractivity contribution in [3.63, 3.8) is 0 Å². The highest BCUT2D eigenvalue weighted by Gasteiger charge is 2.25. The molecule has 1 aromatic heterocycles. The van der Waals surface area contributed by atoms with E-state index in [1.165, 1.54) is 12.8 Å². The van der Waals surface area contributed by atoms with Gasteiger partial charge in [-0.25, -0.2) is 0 Å². The third kappa shape index (κ3) is 3.04. The zero-order valence-corrected chi connectivity index (χ0v) is 10.7. The minimum Gasteiger partial charge on any atom is -0.392 e. The summed E-state index contributed by atoms with van der Waals surface area (Å²) in [7, 11) is 0. The third-order valence-electron chi connectivity index (χ3n) is 3.38. The molecule has 1 fully saturated rings. The molecular formula is C12H22N4O. The van der Waals surface area contributed by atoms with Gasteiger partial charge < -0.3 is 14.6 Å². The van der Waals surface area contributed by atoms with Crippen LogP contribution in [0.25, 0.3) is 0 Å². The van der Waals surface area contributed by atoms with Gasteiger partial charge in [0.05, 0.1) is 6.10 Å². The predicted molar refractivity (Wildman–Crippen MR) is 65.8 cm³/mol. The van der Waals surface area contributed by atoms with Gasteiger partial charge in [-0.3, -0.25) is 0 Å². The molecule has 0 radical (unpaired) electrons. The van der Waals surface area contributed by atoms with Crippen molar-refractivity contribution in [3.8, 4) is 0 Å². The molecule has 2 rings (SSSR count). The maximum Gasteiger partial charge on any atom is 0.137 e. The van der Waals surface area contributed by atoms with Gasteiger partial charge in [-0.15, -0.1) is 10.2 Å². The SMILES string of the molecule is CCn1cnnc1[C@@H]1CCCN(C[C@@H](C)O)C1. The van der Waals surface area contributed by atoms with Crippen LogP contribution in [-0.4, -0.2) is 50.5 Å². The van der Waals surface area contributed by atoms with E-state index in [9.17, 15) is 5.11 Å². The smallest absolute Gasteiger partial charge is 0.137 e. The summed E-state index contributed by atoms with van der Waals surface area (Å²) in [6, 6.07) is 0. The molecule has 1 saturated heterocycles. The van der Waals surface area contributed by atoms with Crippen molar-refractivity contribution in [1.82, 2.24) is 19.7 Å². The first kappa shape index (κ1) is 12.5. The van der Waals surface area contributed by atoms with Gasteiger partial charge in [-0.2, -0.15) is 0 Å². The molecule has 0 amide bonds. The van der Waals surface area contributed by atoms with Crippen LogP contribution >= 0.6 is 0 Å². The van der Waals surface area contributed by atoms with Crippen molar-refractivity contribution in [2.45, 2.75) is 45.3 Å². The van der Waals surface area contributed by atoms with Crippen LogP contribution in [0.5, 0.6) is 0 Å². The lowest BCUT2D eigenvalue weighted by atomic mass is 9.97. The van der Waals surface area contributed by atoms with Crippen molar-refractivity contribution < 1.29 is 5.11 Å². The van der Waals surface area contributed by atoms with Crippen LogP contribution in [0.4, 0.5) is 0 Å². The highest BCUT2D eigenvalue weighted by atomic mass is 16.3. The number of likely N-dealkylation sites (tertiary alicyclic amines) is 1. The Kier molecular flexibility index (Phi) is 4.12. The van der Waals surface area contributed by atoms with Gasteiger partial charge in [0.15, 0.2) is 0 Å². The Morgan fingerprint density at radius 1 is 1.59 bits per heavy atom. The Bertz CT molecular complexity index is 350. The molecule has 1 aromatic rings. The Morgan fingerprint density at radius 2 is 2.41 bits per heavy atom. The fourth-order valence-electron chi connectivity index (χ4n) is 2.63. The number of aromatic nitrogens is 3. The number of nitrogens with zero attached hydrogens (tertiary/aromatic N) is 4. The first-order valence-corrected chi connectivity index (χ1v) is 6.48. The lowest BCUT2D eigenvalue weighted by Crippen LogP contribution is -2.39. The van der Waals surface area contributed by atoms with Crippen LogP contribution in [0.3, 0.4) is 0 Å². The van der Waals surface area contributed by atoms with Gasteiger partial charge in [0, 0.05) is 25.6 Å². The molecule has 1 aliphatic rings. The molecule has 1 aliphatic heterocycles. The Hall–Kier alpha value is -0.940. The van der Waals surface area contributed by atoms with E-state index in [1.54, 1.807) is 0 Å². The second-order valence-electron chi connectivity index (χ2n) is 4.92. The van der Waals surface area contributed by atoms with Crippen molar-refractivity contribution in [3.05, 3.63) is 12.2 Å². The molecule has 0 aromatic carbocycles. The summed E-state index contributed by atoms with van der Waals surface area (Å²) in [6.45, 7) is 7.72. The van der Waals surface area contributed by atoms with E-state index in [2.05, 4.69) is 26.6 Å². The topological polar surface area (TPSA) is 54.2 Å². The van der Waals surface area contributed by atoms with Gasteiger partial charge in [0.1, 0.15) is 12.2 Å². The summed E-state index contributed by atoms with van der Waals surface area (Å²) in [5, 5.41) is 17.7. The maximum absolute atomic E-state index is 9.45. The molecule has 0 bridgehead atoms. The van der Waals surface area contributed by atoms with Crippen LogP contribution in [0.15, 0.2) is 6.33 Å². The van der Waals surface area contributed by atoms with Crippen molar-refractivity contribution in [2.24, 2.45) is 0 Å². The van der Waals surface area contributed by atoms with Crippen LogP contribution in [-0.2, 0) is 6.54 Å². The fourth-order valence-corrected chi connectivity index (χ4v) is 2.63. The maximum atomic E-state index is 9.45. The van der Waals surface area contributed by atoms with Gasteiger partial charge in [-0.05, 0) is 33.2 Å². The van der Waals surface area contributed by atoms with E-state index < -0.39 is 0 Å². The number of piperidine rings is 1. The molecule has 2 heterocycles. The Labute approximate surface area is 102 Å². The van der Waals surface area contributed by atoms with Crippen LogP contribution in [0.2, 0.25) is 0 Å². The predicted octanol–water partition coefficient (Wildman–Crippen LogP) is 0.858. The molecule has 0 spiro atoms. The van der Waals surface area contributed by atoms with Crippen LogP contribution in [0, 0.1) is 0 Å². The number of aliphatic hydroxyl groups excluding tert-OH is 1. The van der Waals surface area contributed by atoms with Crippen molar-refractivity contribution in [2.75, 3.05) is 19.6 Å². The number of hydrogen-bond acceptors (Lipinski definition) is 4. The molecular weight excluding hydrogens is 216 g/mol. The zero-order chi connectivity index (χ0) is 12.3. The third-order valence-corrected chi connectivity index (χ3v) is 3.38. The summed E-state index contributed by atoms with van der Waals surface area (Å²) in [5.41, 5.74) is 0. The molecule has 2 atom stereocenters. The molecule has 0 unspecified atom stereocenters. The van der Waals surface area contributed by atoms with Crippen LogP contribution < -0.4 is 0 Å². The molecule has 5 nitrogen and oxygen atoms in total. The number of aliphatic hydroxyl groups is 1. The first-order chi connectivity index (χ1) is 8.20. The largest absolute Gasteiger partial charge is 0.392 e. The second-order valence-corrected chi connectivity index (χ2v) is 4.92. The molecule has 0 aliphatic carbocycles. The van der Waals surface area contributed by atoms with Crippen molar-refractivity contribution in [1.29, 1.82) is 0 Å². The normalized spacial score (nSPS) is 23.8. The average Bonchev–Trinajstić information content (AvgIpc) is 2.76. The minimum absolute atomic E-state index is 0.252. The molecule has 5 heteroatoms. The number of rotatable bonds is 4. The van der Waals surface area contributed by atoms with Gasteiger partial charge in [0.2, 0.25) is 0 Å². The molecule has 0 saturated carbocycles. The van der Waals surface area contributed by atoms with E-state index in [-0.39, 0.29) is 6.10 Å². The first-order valence-electron chi connectivity index (χ1n) is 6.48. The van der Waals surface area contributed by atoms with E-state index >= 15 is 0 Å². The molecule has 1 N–H and O–H groups in total. The molecule has 17 heavy (non-hydrogen) atoms. The van der Waals surface area contributed by atoms with Gasteiger partial charge in [0.25, 0.3) is 0 Å².